The summed E-state index contributed by atoms with van der Waals surface area (Å²) >= 11 is 0. The van der Waals surface area contributed by atoms with Crippen LogP contribution in [0, 0.1) is 0 Å². The molecule has 0 radical (unpaired) electrons. The minimum absolute atomic E-state index is 0.0691. The molecule has 2 N–H and O–H groups in total. The molecule has 0 saturated carbocycles. The number of aliphatic hydroxyl groups excluding tert-OH is 1. The molecule has 1 aliphatic heterocycles. The maximum atomic E-state index is 12.7. The molecule has 5 rings (SSSR count). The number of fused-ring (bicyclic) bond motifs is 3. The topological polar surface area (TPSA) is 191 Å². The maximum Gasteiger partial charge on any atom is 0.407 e. The Hall–Kier alpha value is -5.67. The number of ether oxygens (including phenoxy) is 8. The van der Waals surface area contributed by atoms with E-state index in [0.29, 0.717) is 12.0 Å². The second-order valence-electron chi connectivity index (χ2n) is 12.2. The largest absolute Gasteiger partial charge is 0.493 e. The van der Waals surface area contributed by atoms with Gasteiger partial charge in [0.05, 0.1) is 20.3 Å². The van der Waals surface area contributed by atoms with Gasteiger partial charge in [0.1, 0.15) is 18.1 Å². The molecule has 1 amide bonds. The average Bonchev–Trinajstić information content (AvgIpc) is 3.45. The predicted octanol–water partition coefficient (Wildman–Crippen LogP) is 3.56. The van der Waals surface area contributed by atoms with Crippen molar-refractivity contribution in [1.82, 2.24) is 5.32 Å². The van der Waals surface area contributed by atoms with Crippen LogP contribution in [0.15, 0.2) is 66.7 Å². The zero-order chi connectivity index (χ0) is 38.1. The number of aliphatic hydroxyl groups is 1. The Morgan fingerprint density at radius 1 is 0.792 bits per heavy atom. The summed E-state index contributed by atoms with van der Waals surface area (Å²) in [7, 11) is 1.08. The second kappa shape index (κ2) is 17.7. The van der Waals surface area contributed by atoms with Gasteiger partial charge in [-0.1, -0.05) is 48.5 Å². The normalized spacial score (nSPS) is 20.2. The number of carbonyl (C=O) groups is 5. The summed E-state index contributed by atoms with van der Waals surface area (Å²) in [6.07, 6.45) is -7.99. The fourth-order valence-corrected chi connectivity index (χ4v) is 6.28. The molecule has 15 heteroatoms. The van der Waals surface area contributed by atoms with Crippen molar-refractivity contribution in [3.8, 4) is 22.6 Å². The summed E-state index contributed by atoms with van der Waals surface area (Å²) in [4.78, 5) is 61.5. The number of benzene rings is 3. The summed E-state index contributed by atoms with van der Waals surface area (Å²) in [5, 5.41) is 12.7. The van der Waals surface area contributed by atoms with Crippen LogP contribution >= 0.6 is 0 Å². The third-order valence-corrected chi connectivity index (χ3v) is 8.49. The number of rotatable bonds is 14. The van der Waals surface area contributed by atoms with Crippen LogP contribution in [0.3, 0.4) is 0 Å². The van der Waals surface area contributed by atoms with Crippen LogP contribution in [-0.2, 0) is 54.2 Å². The highest BCUT2D eigenvalue weighted by molar-refractivity contribution is 5.79. The molecule has 0 spiro atoms. The Morgan fingerprint density at radius 2 is 1.40 bits per heavy atom. The van der Waals surface area contributed by atoms with Crippen LogP contribution in [0.2, 0.25) is 0 Å². The van der Waals surface area contributed by atoms with Gasteiger partial charge in [-0.15, -0.1) is 0 Å². The van der Waals surface area contributed by atoms with Crippen molar-refractivity contribution in [2.75, 3.05) is 26.9 Å². The first-order valence-electron chi connectivity index (χ1n) is 16.9. The van der Waals surface area contributed by atoms with E-state index in [2.05, 4.69) is 17.4 Å². The number of alkyl carbamates (subject to hydrolysis) is 1. The summed E-state index contributed by atoms with van der Waals surface area (Å²) in [6.45, 7) is 3.41. The first-order valence-corrected chi connectivity index (χ1v) is 16.9. The molecule has 1 heterocycles. The number of carbonyl (C=O) groups excluding carboxylic acids is 5. The molecule has 2 aliphatic rings. The van der Waals surface area contributed by atoms with Crippen LogP contribution < -0.4 is 14.8 Å². The summed E-state index contributed by atoms with van der Waals surface area (Å²) in [6, 6.07) is 20.5. The lowest BCUT2D eigenvalue weighted by Crippen LogP contribution is -2.64. The van der Waals surface area contributed by atoms with Crippen molar-refractivity contribution in [3.63, 3.8) is 0 Å². The SMILES string of the molecule is COC(=O)[C@H]1O[C@@H](Oc2ccc(CO)c(OCCCNC(=O)OCC3c4ccccc4-c4ccccc43)c2)[C@H](OC(C)=O)[C@@H](OC(C)=O)[C@@H]1OC(C)=O. The number of hydrogen-bond donors (Lipinski definition) is 2. The molecule has 1 saturated heterocycles. The van der Waals surface area contributed by atoms with Gasteiger partial charge in [0.15, 0.2) is 18.3 Å². The van der Waals surface area contributed by atoms with E-state index in [0.717, 1.165) is 50.1 Å². The molecule has 282 valence electrons. The van der Waals surface area contributed by atoms with E-state index in [4.69, 9.17) is 37.9 Å². The van der Waals surface area contributed by atoms with Crippen molar-refractivity contribution in [1.29, 1.82) is 0 Å². The van der Waals surface area contributed by atoms with E-state index in [-0.39, 0.29) is 43.8 Å². The van der Waals surface area contributed by atoms with E-state index in [1.165, 1.54) is 18.2 Å². The highest BCUT2D eigenvalue weighted by atomic mass is 16.7. The molecule has 1 fully saturated rings. The van der Waals surface area contributed by atoms with E-state index < -0.39 is 60.7 Å². The van der Waals surface area contributed by atoms with Crippen LogP contribution in [0.1, 0.15) is 49.8 Å². The Bertz CT molecular complexity index is 1770. The summed E-state index contributed by atoms with van der Waals surface area (Å²) in [5.41, 5.74) is 4.88. The van der Waals surface area contributed by atoms with Gasteiger partial charge in [-0.25, -0.2) is 9.59 Å². The van der Waals surface area contributed by atoms with Gasteiger partial charge in [0, 0.05) is 44.9 Å². The lowest BCUT2D eigenvalue weighted by molar-refractivity contribution is -0.282. The Labute approximate surface area is 305 Å². The van der Waals surface area contributed by atoms with Gasteiger partial charge in [-0.05, 0) is 40.8 Å². The van der Waals surface area contributed by atoms with E-state index in [1.807, 2.05) is 36.4 Å². The number of nitrogens with one attached hydrogen (secondary N) is 1. The molecule has 0 aromatic heterocycles. The van der Waals surface area contributed by atoms with Crippen molar-refractivity contribution < 1.29 is 67.0 Å². The molecule has 53 heavy (non-hydrogen) atoms. The molecule has 0 bridgehead atoms. The van der Waals surface area contributed by atoms with Gasteiger partial charge in [0.2, 0.25) is 12.4 Å². The molecular formula is C38H41NO14. The minimum atomic E-state index is -1.64. The number of hydrogen-bond acceptors (Lipinski definition) is 14. The molecule has 15 nitrogen and oxygen atoms in total. The predicted molar refractivity (Wildman–Crippen MR) is 184 cm³/mol. The van der Waals surface area contributed by atoms with E-state index in [1.54, 1.807) is 0 Å². The summed E-state index contributed by atoms with van der Waals surface area (Å²) < 4.78 is 44.2. The molecule has 3 aromatic rings. The van der Waals surface area contributed by atoms with Gasteiger partial charge >= 0.3 is 30.0 Å². The lowest BCUT2D eigenvalue weighted by Gasteiger charge is -2.43. The van der Waals surface area contributed by atoms with Crippen LogP contribution in [0.25, 0.3) is 11.1 Å². The maximum absolute atomic E-state index is 12.7. The molecule has 0 unspecified atom stereocenters. The molecule has 1 aliphatic carbocycles. The van der Waals surface area contributed by atoms with Crippen LogP contribution in [0.5, 0.6) is 11.5 Å². The number of esters is 4. The quantitative estimate of drug-likeness (QED) is 0.139. The van der Waals surface area contributed by atoms with Gasteiger partial charge in [-0.3, -0.25) is 14.4 Å². The third-order valence-electron chi connectivity index (χ3n) is 8.49. The molecule has 3 aromatic carbocycles. The van der Waals surface area contributed by atoms with Crippen LogP contribution in [0.4, 0.5) is 4.79 Å². The zero-order valence-corrected chi connectivity index (χ0v) is 29.6. The van der Waals surface area contributed by atoms with Crippen molar-refractivity contribution in [2.45, 2.75) is 70.4 Å². The fraction of sp³-hybridized carbons (Fsp3) is 0.395. The smallest absolute Gasteiger partial charge is 0.407 e. The zero-order valence-electron chi connectivity index (χ0n) is 29.6. The standard InChI is InChI=1S/C38H41NO14/c1-21(41)49-32-33(50-22(2)42)35(51-23(3)43)37(53-34(32)36(44)46-4)52-25-15-14-24(19-40)31(18-25)47-17-9-16-39-38(45)48-20-30-28-12-7-5-10-26(28)27-11-6-8-13-29(27)30/h5-8,10-15,18,30,32-35,37,40H,9,16-17,19-20H2,1-4H3,(H,39,45)/t32-,33-,34-,35+,37+/m0/s1. The highest BCUT2D eigenvalue weighted by Crippen LogP contribution is 2.44. The Balaban J connectivity index is 1.20. The first-order chi connectivity index (χ1) is 25.5. The van der Waals surface area contributed by atoms with Crippen molar-refractivity contribution >= 4 is 30.0 Å². The third kappa shape index (κ3) is 9.42. The first kappa shape index (κ1) is 38.6. The number of methoxy groups -OCH3 is 1. The van der Waals surface area contributed by atoms with Gasteiger partial charge in [0.25, 0.3) is 0 Å². The van der Waals surface area contributed by atoms with Crippen LogP contribution in [-0.4, -0.2) is 92.7 Å². The summed E-state index contributed by atoms with van der Waals surface area (Å²) in [5.74, 6) is -3.20. The van der Waals surface area contributed by atoms with Gasteiger partial charge in [-0.2, -0.15) is 0 Å². The molecular weight excluding hydrogens is 694 g/mol. The van der Waals surface area contributed by atoms with Crippen molar-refractivity contribution in [2.24, 2.45) is 0 Å². The molecule has 5 atom stereocenters. The highest BCUT2D eigenvalue weighted by Gasteiger charge is 2.56. The van der Waals surface area contributed by atoms with Gasteiger partial charge < -0.3 is 48.3 Å². The Morgan fingerprint density at radius 3 is 2.00 bits per heavy atom. The fourth-order valence-electron chi connectivity index (χ4n) is 6.28. The number of amides is 1. The van der Waals surface area contributed by atoms with Crippen molar-refractivity contribution in [3.05, 3.63) is 83.4 Å². The monoisotopic (exact) mass is 735 g/mol. The van der Waals surface area contributed by atoms with E-state index in [9.17, 15) is 29.1 Å². The average molecular weight is 736 g/mol. The lowest BCUT2D eigenvalue weighted by atomic mass is 9.97. The minimum Gasteiger partial charge on any atom is -0.493 e. The second-order valence-corrected chi connectivity index (χ2v) is 12.2. The van der Waals surface area contributed by atoms with E-state index >= 15 is 0 Å². The Kier molecular flexibility index (Phi) is 12.9.